The SMILES string of the molecule is CCN1C(=O)/C(=C/c2cc(Br)cs2)C(=O)NC1=S. The Balaban J connectivity index is 2.37. The third-order valence-corrected chi connectivity index (χ3v) is 4.34. The van der Waals surface area contributed by atoms with Crippen molar-refractivity contribution in [1.82, 2.24) is 10.2 Å². The molecule has 1 aliphatic heterocycles. The first-order chi connectivity index (χ1) is 8.52. The fourth-order valence-corrected chi connectivity index (χ4v) is 3.21. The molecule has 94 valence electrons. The molecule has 1 aromatic rings. The number of halogens is 1. The molecule has 2 amide bonds. The van der Waals surface area contributed by atoms with Crippen molar-refractivity contribution >= 4 is 62.5 Å². The Kier molecular flexibility index (Phi) is 3.94. The summed E-state index contributed by atoms with van der Waals surface area (Å²) in [6, 6.07) is 1.85. The highest BCUT2D eigenvalue weighted by Gasteiger charge is 2.32. The lowest BCUT2D eigenvalue weighted by molar-refractivity contribution is -0.128. The van der Waals surface area contributed by atoms with Gasteiger partial charge in [0, 0.05) is 21.3 Å². The fourth-order valence-electron chi connectivity index (χ4n) is 1.53. The van der Waals surface area contributed by atoms with Crippen molar-refractivity contribution < 1.29 is 9.59 Å². The van der Waals surface area contributed by atoms with Crippen LogP contribution in [-0.4, -0.2) is 28.4 Å². The molecular formula is C11H9BrN2O2S2. The lowest BCUT2D eigenvalue weighted by atomic mass is 10.1. The van der Waals surface area contributed by atoms with Crippen molar-refractivity contribution in [2.24, 2.45) is 0 Å². The molecule has 0 atom stereocenters. The summed E-state index contributed by atoms with van der Waals surface area (Å²) in [4.78, 5) is 26.1. The predicted molar refractivity (Wildman–Crippen MR) is 78.1 cm³/mol. The zero-order valence-corrected chi connectivity index (χ0v) is 12.6. The van der Waals surface area contributed by atoms with Gasteiger partial charge >= 0.3 is 0 Å². The van der Waals surface area contributed by atoms with Gasteiger partial charge in [0.15, 0.2) is 5.11 Å². The molecule has 1 aliphatic rings. The van der Waals surface area contributed by atoms with Crippen LogP contribution < -0.4 is 5.32 Å². The normalized spacial score (nSPS) is 18.4. The van der Waals surface area contributed by atoms with E-state index < -0.39 is 5.91 Å². The van der Waals surface area contributed by atoms with Crippen LogP contribution in [0.4, 0.5) is 0 Å². The molecule has 2 heterocycles. The van der Waals surface area contributed by atoms with Gasteiger partial charge in [0.05, 0.1) is 0 Å². The topological polar surface area (TPSA) is 49.4 Å². The average Bonchev–Trinajstić information content (AvgIpc) is 2.70. The molecule has 4 nitrogen and oxygen atoms in total. The minimum Gasteiger partial charge on any atom is -0.298 e. The van der Waals surface area contributed by atoms with Crippen LogP contribution in [0.5, 0.6) is 0 Å². The lowest BCUT2D eigenvalue weighted by Crippen LogP contribution is -2.53. The molecule has 2 rings (SSSR count). The average molecular weight is 345 g/mol. The van der Waals surface area contributed by atoms with Gasteiger partial charge in [-0.2, -0.15) is 0 Å². The summed E-state index contributed by atoms with van der Waals surface area (Å²) >= 11 is 9.72. The van der Waals surface area contributed by atoms with Gasteiger partial charge in [-0.15, -0.1) is 11.3 Å². The van der Waals surface area contributed by atoms with E-state index in [9.17, 15) is 9.59 Å². The van der Waals surface area contributed by atoms with Crippen LogP contribution in [0.2, 0.25) is 0 Å². The molecule has 1 N–H and O–H groups in total. The van der Waals surface area contributed by atoms with E-state index in [1.54, 1.807) is 13.0 Å². The van der Waals surface area contributed by atoms with Gasteiger partial charge in [-0.05, 0) is 47.2 Å². The van der Waals surface area contributed by atoms with Gasteiger partial charge in [0.25, 0.3) is 11.8 Å². The number of likely N-dealkylation sites (N-methyl/N-ethyl adjacent to an activating group) is 1. The standard InChI is InChI=1S/C11H9BrN2O2S2/c1-2-14-10(16)8(9(15)13-11(14)17)4-7-3-6(12)5-18-7/h3-5H,2H2,1H3,(H,13,15,17)/b8-4+. The fraction of sp³-hybridized carbons (Fsp3) is 0.182. The number of nitrogens with zero attached hydrogens (tertiary/aromatic N) is 1. The highest BCUT2D eigenvalue weighted by molar-refractivity contribution is 9.10. The summed E-state index contributed by atoms with van der Waals surface area (Å²) in [5.74, 6) is -0.796. The Morgan fingerprint density at radius 3 is 2.83 bits per heavy atom. The summed E-state index contributed by atoms with van der Waals surface area (Å²) in [6.45, 7) is 2.24. The first-order valence-electron chi connectivity index (χ1n) is 5.16. The van der Waals surface area contributed by atoms with Crippen molar-refractivity contribution in [2.45, 2.75) is 6.92 Å². The number of rotatable bonds is 2. The third kappa shape index (κ3) is 2.52. The van der Waals surface area contributed by atoms with Gasteiger partial charge in [0.2, 0.25) is 0 Å². The molecule has 0 bridgehead atoms. The van der Waals surface area contributed by atoms with E-state index in [1.165, 1.54) is 16.2 Å². The zero-order chi connectivity index (χ0) is 13.3. The lowest BCUT2D eigenvalue weighted by Gasteiger charge is -2.27. The van der Waals surface area contributed by atoms with E-state index in [-0.39, 0.29) is 16.6 Å². The van der Waals surface area contributed by atoms with Crippen molar-refractivity contribution in [3.05, 3.63) is 26.4 Å². The third-order valence-electron chi connectivity index (χ3n) is 2.38. The molecule has 0 aliphatic carbocycles. The van der Waals surface area contributed by atoms with Crippen LogP contribution in [0.25, 0.3) is 6.08 Å². The minimum atomic E-state index is -0.445. The summed E-state index contributed by atoms with van der Waals surface area (Å²) in [5, 5.41) is 4.56. The largest absolute Gasteiger partial charge is 0.298 e. The maximum absolute atomic E-state index is 12.1. The number of thiophene rings is 1. The van der Waals surface area contributed by atoms with Crippen molar-refractivity contribution in [3.63, 3.8) is 0 Å². The first-order valence-corrected chi connectivity index (χ1v) is 7.24. The monoisotopic (exact) mass is 344 g/mol. The van der Waals surface area contributed by atoms with Crippen molar-refractivity contribution in [1.29, 1.82) is 0 Å². The molecule has 0 radical (unpaired) electrons. The highest BCUT2D eigenvalue weighted by Crippen LogP contribution is 2.23. The Morgan fingerprint density at radius 1 is 1.56 bits per heavy atom. The van der Waals surface area contributed by atoms with E-state index in [1.807, 2.05) is 11.4 Å². The second kappa shape index (κ2) is 5.29. The van der Waals surface area contributed by atoms with Crippen molar-refractivity contribution in [2.75, 3.05) is 6.54 Å². The van der Waals surface area contributed by atoms with E-state index in [0.717, 1.165) is 9.35 Å². The van der Waals surface area contributed by atoms with Crippen LogP contribution in [-0.2, 0) is 9.59 Å². The smallest absolute Gasteiger partial charge is 0.265 e. The van der Waals surface area contributed by atoms with Gasteiger partial charge < -0.3 is 0 Å². The molecule has 18 heavy (non-hydrogen) atoms. The molecule has 0 aromatic carbocycles. The Hall–Kier alpha value is -1.05. The molecule has 0 spiro atoms. The second-order valence-corrected chi connectivity index (χ2v) is 5.78. The molecular weight excluding hydrogens is 336 g/mol. The molecule has 0 saturated carbocycles. The van der Waals surface area contributed by atoms with Gasteiger partial charge in [-0.1, -0.05) is 0 Å². The van der Waals surface area contributed by atoms with E-state index >= 15 is 0 Å². The first kappa shape index (κ1) is 13.4. The number of carbonyl (C=O) groups is 2. The number of hydrogen-bond donors (Lipinski definition) is 1. The highest BCUT2D eigenvalue weighted by atomic mass is 79.9. The summed E-state index contributed by atoms with van der Waals surface area (Å²) in [6.07, 6.45) is 1.58. The maximum atomic E-state index is 12.1. The number of amides is 2. The molecule has 1 fully saturated rings. The molecule has 1 aromatic heterocycles. The van der Waals surface area contributed by atoms with Crippen LogP contribution in [0.15, 0.2) is 21.5 Å². The molecule has 0 unspecified atom stereocenters. The predicted octanol–water partition coefficient (Wildman–Crippen LogP) is 2.16. The van der Waals surface area contributed by atoms with Crippen LogP contribution in [0, 0.1) is 0 Å². The van der Waals surface area contributed by atoms with Crippen LogP contribution in [0.1, 0.15) is 11.8 Å². The van der Waals surface area contributed by atoms with E-state index in [2.05, 4.69) is 21.2 Å². The van der Waals surface area contributed by atoms with Gasteiger partial charge in [-0.25, -0.2) is 0 Å². The number of carbonyl (C=O) groups excluding carboxylic acids is 2. The number of nitrogens with one attached hydrogen (secondary N) is 1. The zero-order valence-electron chi connectivity index (χ0n) is 9.40. The number of hydrogen-bond acceptors (Lipinski definition) is 4. The minimum absolute atomic E-state index is 0.111. The molecule has 7 heteroatoms. The summed E-state index contributed by atoms with van der Waals surface area (Å²) in [5.41, 5.74) is 0.111. The molecule has 1 saturated heterocycles. The van der Waals surface area contributed by atoms with E-state index in [4.69, 9.17) is 12.2 Å². The van der Waals surface area contributed by atoms with Gasteiger partial charge in [-0.3, -0.25) is 19.8 Å². The quantitative estimate of drug-likeness (QED) is 0.508. The van der Waals surface area contributed by atoms with Crippen LogP contribution >= 0.6 is 39.5 Å². The van der Waals surface area contributed by atoms with E-state index in [0.29, 0.717) is 6.54 Å². The Morgan fingerprint density at radius 2 is 2.28 bits per heavy atom. The maximum Gasteiger partial charge on any atom is 0.265 e. The Bertz CT molecular complexity index is 565. The second-order valence-electron chi connectivity index (χ2n) is 3.53. The summed E-state index contributed by atoms with van der Waals surface area (Å²) < 4.78 is 0.922. The van der Waals surface area contributed by atoms with Crippen molar-refractivity contribution in [3.8, 4) is 0 Å². The summed E-state index contributed by atoms with van der Waals surface area (Å²) in [7, 11) is 0. The van der Waals surface area contributed by atoms with Crippen LogP contribution in [0.3, 0.4) is 0 Å². The van der Waals surface area contributed by atoms with Gasteiger partial charge in [0.1, 0.15) is 5.57 Å². The Labute approximate surface area is 122 Å². The number of thiocarbonyl (C=S) groups is 1.